The van der Waals surface area contributed by atoms with Crippen LogP contribution in [0.5, 0.6) is 0 Å². The second-order valence-corrected chi connectivity index (χ2v) is 2.42. The lowest BCUT2D eigenvalue weighted by Gasteiger charge is -1.89. The number of nitrogens with zero attached hydrogens (tertiary/aromatic N) is 3. The molecule has 0 saturated heterocycles. The molecule has 2 heterocycles. The Morgan fingerprint density at radius 1 is 1.46 bits per heavy atom. The normalized spacial score (nSPS) is 10.2. The van der Waals surface area contributed by atoms with Crippen molar-refractivity contribution in [1.82, 2.24) is 15.1 Å². The highest BCUT2D eigenvalue weighted by atomic mass is 16.5. The molecule has 66 valence electrons. The predicted octanol–water partition coefficient (Wildman–Crippen LogP) is 0.624. The van der Waals surface area contributed by atoms with Crippen LogP contribution in [-0.2, 0) is 6.61 Å². The van der Waals surface area contributed by atoms with Crippen molar-refractivity contribution in [3.63, 3.8) is 0 Å². The summed E-state index contributed by atoms with van der Waals surface area (Å²) in [5.41, 5.74) is 0.745. The molecular weight excluding hydrogens is 170 g/mol. The number of rotatable bonds is 2. The molecule has 2 rings (SSSR count). The first kappa shape index (κ1) is 7.88. The Balaban J connectivity index is 2.36. The third-order valence-corrected chi connectivity index (χ3v) is 1.52. The fraction of sp³-hybridized carbons (Fsp3) is 0.125. The summed E-state index contributed by atoms with van der Waals surface area (Å²) in [4.78, 5) is 7.84. The molecule has 0 atom stereocenters. The van der Waals surface area contributed by atoms with Crippen LogP contribution in [0.15, 0.2) is 29.0 Å². The van der Waals surface area contributed by atoms with Crippen LogP contribution in [0.4, 0.5) is 0 Å². The molecule has 5 heteroatoms. The molecule has 0 aromatic carbocycles. The highest BCUT2D eigenvalue weighted by Crippen LogP contribution is 2.14. The first-order chi connectivity index (χ1) is 6.40. The monoisotopic (exact) mass is 177 g/mol. The van der Waals surface area contributed by atoms with E-state index in [2.05, 4.69) is 15.1 Å². The van der Waals surface area contributed by atoms with Gasteiger partial charge in [0.15, 0.2) is 5.82 Å². The lowest BCUT2D eigenvalue weighted by atomic mass is 10.3. The number of aliphatic hydroxyl groups excluding tert-OH is 1. The molecule has 0 aliphatic rings. The standard InChI is InChI=1S/C8H7N3O2/c12-5-7-10-8(13-11-7)6-2-1-3-9-4-6/h1-4,12H,5H2. The third kappa shape index (κ3) is 1.54. The first-order valence-corrected chi connectivity index (χ1v) is 3.74. The number of hydrogen-bond acceptors (Lipinski definition) is 5. The molecule has 0 aliphatic heterocycles. The van der Waals surface area contributed by atoms with Gasteiger partial charge >= 0.3 is 0 Å². The number of pyridine rings is 1. The minimum absolute atomic E-state index is 0.218. The minimum Gasteiger partial charge on any atom is -0.388 e. The maximum Gasteiger partial charge on any atom is 0.259 e. The summed E-state index contributed by atoms with van der Waals surface area (Å²) in [6.45, 7) is -0.218. The summed E-state index contributed by atoms with van der Waals surface area (Å²) in [7, 11) is 0. The topological polar surface area (TPSA) is 72.0 Å². The van der Waals surface area contributed by atoms with Gasteiger partial charge in [0, 0.05) is 12.4 Å². The van der Waals surface area contributed by atoms with Crippen LogP contribution in [0.25, 0.3) is 11.5 Å². The minimum atomic E-state index is -0.218. The van der Waals surface area contributed by atoms with Crippen LogP contribution < -0.4 is 0 Å². The van der Waals surface area contributed by atoms with Gasteiger partial charge < -0.3 is 9.63 Å². The molecule has 0 aliphatic carbocycles. The second kappa shape index (κ2) is 3.32. The van der Waals surface area contributed by atoms with Crippen molar-refractivity contribution in [3.8, 4) is 11.5 Å². The second-order valence-electron chi connectivity index (χ2n) is 2.42. The summed E-state index contributed by atoms with van der Waals surface area (Å²) in [6, 6.07) is 3.58. The van der Waals surface area contributed by atoms with Crippen LogP contribution in [0, 0.1) is 0 Å². The Hall–Kier alpha value is -1.75. The van der Waals surface area contributed by atoms with E-state index in [-0.39, 0.29) is 12.4 Å². The van der Waals surface area contributed by atoms with E-state index in [4.69, 9.17) is 9.63 Å². The maximum atomic E-state index is 8.70. The molecule has 0 radical (unpaired) electrons. The van der Waals surface area contributed by atoms with Crippen LogP contribution in [0.2, 0.25) is 0 Å². The lowest BCUT2D eigenvalue weighted by molar-refractivity contribution is 0.264. The molecule has 2 aromatic rings. The van der Waals surface area contributed by atoms with E-state index in [1.165, 1.54) is 0 Å². The molecular formula is C8H7N3O2. The highest BCUT2D eigenvalue weighted by Gasteiger charge is 2.06. The molecule has 0 unspecified atom stereocenters. The summed E-state index contributed by atoms with van der Waals surface area (Å²) in [5.74, 6) is 0.649. The lowest BCUT2D eigenvalue weighted by Crippen LogP contribution is -1.84. The zero-order chi connectivity index (χ0) is 9.10. The van der Waals surface area contributed by atoms with Gasteiger partial charge in [-0.05, 0) is 12.1 Å². The Bertz CT molecular complexity index is 385. The summed E-state index contributed by atoms with van der Waals surface area (Å²) >= 11 is 0. The molecule has 0 amide bonds. The zero-order valence-electron chi connectivity index (χ0n) is 6.71. The van der Waals surface area contributed by atoms with Crippen LogP contribution >= 0.6 is 0 Å². The summed E-state index contributed by atoms with van der Waals surface area (Å²) < 4.78 is 4.88. The van der Waals surface area contributed by atoms with Gasteiger partial charge in [-0.15, -0.1) is 0 Å². The van der Waals surface area contributed by atoms with E-state index < -0.39 is 0 Å². The Morgan fingerprint density at radius 2 is 2.38 bits per heavy atom. The van der Waals surface area contributed by atoms with Crippen molar-refractivity contribution >= 4 is 0 Å². The Labute approximate surface area is 74.1 Å². The van der Waals surface area contributed by atoms with E-state index in [1.54, 1.807) is 18.5 Å². The van der Waals surface area contributed by atoms with Gasteiger partial charge in [0.2, 0.25) is 0 Å². The Morgan fingerprint density at radius 3 is 3.00 bits per heavy atom. The van der Waals surface area contributed by atoms with E-state index in [0.29, 0.717) is 5.89 Å². The van der Waals surface area contributed by atoms with Gasteiger partial charge in [-0.2, -0.15) is 4.98 Å². The zero-order valence-corrected chi connectivity index (χ0v) is 6.71. The van der Waals surface area contributed by atoms with Gasteiger partial charge in [0.25, 0.3) is 5.89 Å². The molecule has 0 spiro atoms. The molecule has 13 heavy (non-hydrogen) atoms. The van der Waals surface area contributed by atoms with Crippen molar-refractivity contribution < 1.29 is 9.63 Å². The van der Waals surface area contributed by atoms with E-state index in [0.717, 1.165) is 5.56 Å². The maximum absolute atomic E-state index is 8.70. The molecule has 0 bridgehead atoms. The molecule has 0 fully saturated rings. The molecule has 0 saturated carbocycles. The third-order valence-electron chi connectivity index (χ3n) is 1.52. The molecule has 5 nitrogen and oxygen atoms in total. The van der Waals surface area contributed by atoms with E-state index in [9.17, 15) is 0 Å². The van der Waals surface area contributed by atoms with Crippen molar-refractivity contribution in [2.24, 2.45) is 0 Å². The van der Waals surface area contributed by atoms with Gasteiger partial charge in [0.05, 0.1) is 5.56 Å². The van der Waals surface area contributed by atoms with Gasteiger partial charge in [-0.25, -0.2) is 0 Å². The van der Waals surface area contributed by atoms with Crippen LogP contribution in [0.1, 0.15) is 5.82 Å². The average molecular weight is 177 g/mol. The van der Waals surface area contributed by atoms with Gasteiger partial charge in [0.1, 0.15) is 6.61 Å². The van der Waals surface area contributed by atoms with Crippen molar-refractivity contribution in [3.05, 3.63) is 30.4 Å². The smallest absolute Gasteiger partial charge is 0.259 e. The van der Waals surface area contributed by atoms with Crippen LogP contribution in [-0.4, -0.2) is 20.2 Å². The van der Waals surface area contributed by atoms with Gasteiger partial charge in [-0.1, -0.05) is 5.16 Å². The average Bonchev–Trinajstić information content (AvgIpc) is 2.67. The highest BCUT2D eigenvalue weighted by molar-refractivity contribution is 5.50. The first-order valence-electron chi connectivity index (χ1n) is 3.74. The van der Waals surface area contributed by atoms with Crippen molar-refractivity contribution in [1.29, 1.82) is 0 Å². The van der Waals surface area contributed by atoms with Crippen molar-refractivity contribution in [2.75, 3.05) is 0 Å². The SMILES string of the molecule is OCc1noc(-c2cccnc2)n1. The molecule has 1 N–H and O–H groups in total. The molecule has 2 aromatic heterocycles. The number of aromatic nitrogens is 3. The number of aliphatic hydroxyl groups is 1. The largest absolute Gasteiger partial charge is 0.388 e. The number of hydrogen-bond donors (Lipinski definition) is 1. The quantitative estimate of drug-likeness (QED) is 0.728. The van der Waals surface area contributed by atoms with Crippen LogP contribution in [0.3, 0.4) is 0 Å². The van der Waals surface area contributed by atoms with E-state index >= 15 is 0 Å². The van der Waals surface area contributed by atoms with Crippen molar-refractivity contribution in [2.45, 2.75) is 6.61 Å². The van der Waals surface area contributed by atoms with E-state index in [1.807, 2.05) is 6.07 Å². The predicted molar refractivity (Wildman–Crippen MR) is 43.5 cm³/mol. The van der Waals surface area contributed by atoms with Gasteiger partial charge in [-0.3, -0.25) is 4.98 Å². The fourth-order valence-corrected chi connectivity index (χ4v) is 0.925. The fourth-order valence-electron chi connectivity index (χ4n) is 0.925. The Kier molecular flexibility index (Phi) is 2.01. The summed E-state index contributed by atoms with van der Waals surface area (Å²) in [6.07, 6.45) is 3.28. The summed E-state index contributed by atoms with van der Waals surface area (Å²) in [5, 5.41) is 12.2.